The molecule has 0 bridgehead atoms. The van der Waals surface area contributed by atoms with Crippen LogP contribution in [0.15, 0.2) is 42.6 Å². The fraction of sp³-hybridized carbons (Fsp3) is 0.240. The number of nitrogens with zero attached hydrogens (tertiary/aromatic N) is 3. The molecule has 2 N–H and O–H groups in total. The zero-order valence-corrected chi connectivity index (χ0v) is 19.0. The first kappa shape index (κ1) is 22.1. The first-order valence-corrected chi connectivity index (χ1v) is 10.4. The van der Waals surface area contributed by atoms with Crippen LogP contribution in [0.4, 0.5) is 17.3 Å². The van der Waals surface area contributed by atoms with Gasteiger partial charge < -0.3 is 20.1 Å². The first-order valence-electron chi connectivity index (χ1n) is 10.4. The van der Waals surface area contributed by atoms with Gasteiger partial charge in [0.05, 0.1) is 38.6 Å². The zero-order valence-electron chi connectivity index (χ0n) is 19.0. The van der Waals surface area contributed by atoms with E-state index in [-0.39, 0.29) is 12.3 Å². The standard InChI is InChI=1S/C25H25N5O3/c1-30(2)11-5-6-16-7-9-19-20(12-16)28-23(31)13-17-15-26-25(29-24(17)19)27-18-8-10-21(32-3)22(14-18)33-4/h7-10,12,14-15H,11,13H2,1-4H3,(H,28,31)(H,26,27,29). The maximum absolute atomic E-state index is 12.5. The van der Waals surface area contributed by atoms with Crippen molar-refractivity contribution in [2.45, 2.75) is 6.42 Å². The van der Waals surface area contributed by atoms with Crippen molar-refractivity contribution in [1.82, 2.24) is 14.9 Å². The third-order valence-corrected chi connectivity index (χ3v) is 5.03. The fourth-order valence-electron chi connectivity index (χ4n) is 3.47. The summed E-state index contributed by atoms with van der Waals surface area (Å²) in [6.45, 7) is 0.657. The quantitative estimate of drug-likeness (QED) is 0.585. The van der Waals surface area contributed by atoms with Gasteiger partial charge in [-0.2, -0.15) is 0 Å². The molecule has 8 nitrogen and oxygen atoms in total. The molecule has 4 rings (SSSR count). The van der Waals surface area contributed by atoms with Crippen molar-refractivity contribution in [3.8, 4) is 34.6 Å². The van der Waals surface area contributed by atoms with Crippen LogP contribution in [0.2, 0.25) is 0 Å². The normalized spacial score (nSPS) is 12.0. The van der Waals surface area contributed by atoms with Gasteiger partial charge in [0.2, 0.25) is 11.9 Å². The Bertz CT molecular complexity index is 1260. The number of rotatable bonds is 5. The molecule has 0 fully saturated rings. The average molecular weight is 444 g/mol. The second-order valence-corrected chi connectivity index (χ2v) is 7.79. The number of anilines is 3. The second kappa shape index (κ2) is 9.59. The molecule has 0 saturated carbocycles. The van der Waals surface area contributed by atoms with Crippen molar-refractivity contribution in [3.63, 3.8) is 0 Å². The highest BCUT2D eigenvalue weighted by molar-refractivity contribution is 6.00. The maximum atomic E-state index is 12.5. The van der Waals surface area contributed by atoms with Crippen molar-refractivity contribution < 1.29 is 14.3 Å². The van der Waals surface area contributed by atoms with Gasteiger partial charge in [-0.3, -0.25) is 9.69 Å². The van der Waals surface area contributed by atoms with E-state index in [4.69, 9.17) is 14.5 Å². The lowest BCUT2D eigenvalue weighted by molar-refractivity contribution is -0.115. The summed E-state index contributed by atoms with van der Waals surface area (Å²) in [6, 6.07) is 11.2. The van der Waals surface area contributed by atoms with Gasteiger partial charge >= 0.3 is 0 Å². The number of carbonyl (C=O) groups is 1. The number of benzene rings is 2. The molecule has 1 amide bonds. The molecular weight excluding hydrogens is 418 g/mol. The summed E-state index contributed by atoms with van der Waals surface area (Å²) in [7, 11) is 7.11. The van der Waals surface area contributed by atoms with Gasteiger partial charge in [-0.15, -0.1) is 0 Å². The fourth-order valence-corrected chi connectivity index (χ4v) is 3.47. The summed E-state index contributed by atoms with van der Waals surface area (Å²) in [4.78, 5) is 23.6. The number of aromatic nitrogens is 2. The zero-order chi connectivity index (χ0) is 23.4. The van der Waals surface area contributed by atoms with Gasteiger partial charge in [-0.25, -0.2) is 9.97 Å². The Hall–Kier alpha value is -4.09. The number of hydrogen-bond acceptors (Lipinski definition) is 7. The minimum Gasteiger partial charge on any atom is -0.493 e. The molecule has 1 aromatic heterocycles. The highest BCUT2D eigenvalue weighted by Crippen LogP contribution is 2.35. The first-order chi connectivity index (χ1) is 16.0. The molecule has 0 spiro atoms. The molecule has 2 heterocycles. The summed E-state index contributed by atoms with van der Waals surface area (Å²) < 4.78 is 10.7. The number of nitrogens with one attached hydrogen (secondary N) is 2. The molecule has 0 unspecified atom stereocenters. The highest BCUT2D eigenvalue weighted by Gasteiger charge is 2.21. The number of carbonyl (C=O) groups excluding carboxylic acids is 1. The molecule has 0 atom stereocenters. The monoisotopic (exact) mass is 443 g/mol. The Morgan fingerprint density at radius 3 is 2.70 bits per heavy atom. The lowest BCUT2D eigenvalue weighted by Gasteiger charge is -2.12. The topological polar surface area (TPSA) is 88.6 Å². The Labute approximate surface area is 193 Å². The molecule has 1 aliphatic heterocycles. The summed E-state index contributed by atoms with van der Waals surface area (Å²) in [5.41, 5.74) is 4.56. The summed E-state index contributed by atoms with van der Waals surface area (Å²) in [6.07, 6.45) is 1.88. The van der Waals surface area contributed by atoms with Crippen molar-refractivity contribution in [3.05, 3.63) is 53.7 Å². The van der Waals surface area contributed by atoms with Crippen LogP contribution in [-0.4, -0.2) is 55.6 Å². The number of methoxy groups -OCH3 is 2. The van der Waals surface area contributed by atoms with E-state index in [2.05, 4.69) is 27.5 Å². The third kappa shape index (κ3) is 5.05. The SMILES string of the molecule is COc1ccc(Nc2ncc3c(n2)-c2ccc(C#CCN(C)C)cc2NC(=O)C3)cc1OC. The highest BCUT2D eigenvalue weighted by atomic mass is 16.5. The van der Waals surface area contributed by atoms with Gasteiger partial charge in [-0.05, 0) is 44.4 Å². The smallest absolute Gasteiger partial charge is 0.228 e. The minimum absolute atomic E-state index is 0.113. The van der Waals surface area contributed by atoms with Gasteiger partial charge in [-0.1, -0.05) is 11.8 Å². The Kier molecular flexibility index (Phi) is 6.43. The summed E-state index contributed by atoms with van der Waals surface area (Å²) >= 11 is 0. The molecule has 1 aliphatic rings. The van der Waals surface area contributed by atoms with E-state index < -0.39 is 0 Å². The Morgan fingerprint density at radius 1 is 1.12 bits per heavy atom. The van der Waals surface area contributed by atoms with Gasteiger partial charge in [0.1, 0.15) is 0 Å². The van der Waals surface area contributed by atoms with E-state index in [0.717, 1.165) is 22.4 Å². The number of amides is 1. The van der Waals surface area contributed by atoms with Crippen LogP contribution in [0.1, 0.15) is 11.1 Å². The molecule has 33 heavy (non-hydrogen) atoms. The molecule has 168 valence electrons. The van der Waals surface area contributed by atoms with Crippen molar-refractivity contribution in [1.29, 1.82) is 0 Å². The number of fused-ring (bicyclic) bond motifs is 3. The van der Waals surface area contributed by atoms with E-state index in [9.17, 15) is 4.79 Å². The van der Waals surface area contributed by atoms with Gasteiger partial charge in [0.15, 0.2) is 11.5 Å². The van der Waals surface area contributed by atoms with Crippen LogP contribution in [0.5, 0.6) is 11.5 Å². The van der Waals surface area contributed by atoms with Crippen LogP contribution >= 0.6 is 0 Å². The van der Waals surface area contributed by atoms with E-state index >= 15 is 0 Å². The van der Waals surface area contributed by atoms with Crippen LogP contribution in [0.3, 0.4) is 0 Å². The number of ether oxygens (including phenoxy) is 2. The molecule has 0 saturated heterocycles. The van der Waals surface area contributed by atoms with E-state index in [0.29, 0.717) is 35.4 Å². The third-order valence-electron chi connectivity index (χ3n) is 5.03. The lowest BCUT2D eigenvalue weighted by atomic mass is 10.0. The minimum atomic E-state index is -0.113. The largest absolute Gasteiger partial charge is 0.493 e. The van der Waals surface area contributed by atoms with Crippen LogP contribution < -0.4 is 20.1 Å². The lowest BCUT2D eigenvalue weighted by Crippen LogP contribution is -2.13. The molecule has 8 heteroatoms. The van der Waals surface area contributed by atoms with Crippen molar-refractivity contribution in [2.24, 2.45) is 0 Å². The van der Waals surface area contributed by atoms with E-state index in [1.165, 1.54) is 0 Å². The van der Waals surface area contributed by atoms with Crippen molar-refractivity contribution >= 4 is 23.2 Å². The molecule has 0 aliphatic carbocycles. The summed E-state index contributed by atoms with van der Waals surface area (Å²) in [5, 5.41) is 6.17. The maximum Gasteiger partial charge on any atom is 0.228 e. The van der Waals surface area contributed by atoms with Crippen LogP contribution in [-0.2, 0) is 11.2 Å². The Morgan fingerprint density at radius 2 is 1.94 bits per heavy atom. The van der Waals surface area contributed by atoms with Crippen molar-refractivity contribution in [2.75, 3.05) is 45.5 Å². The van der Waals surface area contributed by atoms with E-state index in [1.807, 2.05) is 49.3 Å². The summed E-state index contributed by atoms with van der Waals surface area (Å²) in [5.74, 6) is 7.79. The van der Waals surface area contributed by atoms with E-state index in [1.54, 1.807) is 26.5 Å². The second-order valence-electron chi connectivity index (χ2n) is 7.79. The molecule has 2 aromatic carbocycles. The molecule has 0 radical (unpaired) electrons. The molecule has 3 aromatic rings. The Balaban J connectivity index is 1.68. The van der Waals surface area contributed by atoms with Gasteiger partial charge in [0.25, 0.3) is 0 Å². The average Bonchev–Trinajstić information content (AvgIpc) is 2.93. The van der Waals surface area contributed by atoms with Crippen LogP contribution in [0, 0.1) is 11.8 Å². The predicted molar refractivity (Wildman–Crippen MR) is 128 cm³/mol. The van der Waals surface area contributed by atoms with Gasteiger partial charge in [0, 0.05) is 34.6 Å². The molecular formula is C25H25N5O3. The number of hydrogen-bond donors (Lipinski definition) is 2. The van der Waals surface area contributed by atoms with Crippen LogP contribution in [0.25, 0.3) is 11.3 Å². The predicted octanol–water partition coefficient (Wildman–Crippen LogP) is 3.31.